The van der Waals surface area contributed by atoms with E-state index in [9.17, 15) is 4.79 Å². The lowest BCUT2D eigenvalue weighted by molar-refractivity contribution is -0.126. The molecule has 2 atom stereocenters. The van der Waals surface area contributed by atoms with Gasteiger partial charge in [-0.2, -0.15) is 0 Å². The first-order chi connectivity index (χ1) is 9.54. The van der Waals surface area contributed by atoms with Gasteiger partial charge >= 0.3 is 0 Å². The Balaban J connectivity index is 1.93. The Morgan fingerprint density at radius 2 is 2.00 bits per heavy atom. The van der Waals surface area contributed by atoms with Gasteiger partial charge in [-0.15, -0.1) is 0 Å². The van der Waals surface area contributed by atoms with Crippen molar-refractivity contribution in [2.75, 3.05) is 13.1 Å². The first kappa shape index (κ1) is 15.0. The van der Waals surface area contributed by atoms with Gasteiger partial charge in [-0.1, -0.05) is 50.6 Å². The average molecular weight is 274 g/mol. The Bertz CT molecular complexity index is 442. The van der Waals surface area contributed by atoms with E-state index >= 15 is 0 Å². The molecule has 2 rings (SSSR count). The number of benzene rings is 1. The molecule has 1 aliphatic rings. The van der Waals surface area contributed by atoms with Crippen molar-refractivity contribution in [3.63, 3.8) is 0 Å². The molecule has 0 aromatic heterocycles. The number of nitrogens with one attached hydrogen (secondary N) is 1. The summed E-state index contributed by atoms with van der Waals surface area (Å²) in [5.74, 6) is 0.670. The minimum atomic E-state index is -0.0479. The van der Waals surface area contributed by atoms with E-state index in [4.69, 9.17) is 5.73 Å². The summed E-state index contributed by atoms with van der Waals surface area (Å²) in [4.78, 5) is 12.3. The number of carbonyl (C=O) groups excluding carboxylic acids is 1. The maximum atomic E-state index is 12.3. The summed E-state index contributed by atoms with van der Waals surface area (Å²) in [6.07, 6.45) is 3.21. The van der Waals surface area contributed by atoms with E-state index in [1.807, 2.05) is 18.2 Å². The molecule has 0 spiro atoms. The molecule has 3 nitrogen and oxygen atoms in total. The first-order valence-corrected chi connectivity index (χ1v) is 7.58. The quantitative estimate of drug-likeness (QED) is 0.866. The molecular formula is C17H26N2O. The summed E-state index contributed by atoms with van der Waals surface area (Å²) in [5.41, 5.74) is 6.96. The van der Waals surface area contributed by atoms with Gasteiger partial charge in [-0.3, -0.25) is 4.79 Å². The van der Waals surface area contributed by atoms with Crippen LogP contribution in [0.25, 0.3) is 0 Å². The number of hydrogen-bond donors (Lipinski definition) is 2. The third kappa shape index (κ3) is 3.40. The predicted molar refractivity (Wildman–Crippen MR) is 82.4 cm³/mol. The molecule has 1 amide bonds. The summed E-state index contributed by atoms with van der Waals surface area (Å²) in [5, 5.41) is 3.13. The van der Waals surface area contributed by atoms with Crippen LogP contribution >= 0.6 is 0 Å². The minimum absolute atomic E-state index is 0.0479. The van der Waals surface area contributed by atoms with Crippen LogP contribution in [0.15, 0.2) is 30.3 Å². The van der Waals surface area contributed by atoms with Crippen molar-refractivity contribution in [3.8, 4) is 0 Å². The van der Waals surface area contributed by atoms with Crippen LogP contribution in [0.4, 0.5) is 0 Å². The van der Waals surface area contributed by atoms with E-state index in [2.05, 4.69) is 31.3 Å². The maximum absolute atomic E-state index is 12.3. The van der Waals surface area contributed by atoms with Gasteiger partial charge in [0.1, 0.15) is 0 Å². The molecule has 20 heavy (non-hydrogen) atoms. The number of hydrogen-bond acceptors (Lipinski definition) is 2. The molecule has 3 heteroatoms. The van der Waals surface area contributed by atoms with E-state index < -0.39 is 0 Å². The highest BCUT2D eigenvalue weighted by Crippen LogP contribution is 2.31. The molecule has 0 radical (unpaired) electrons. The number of carbonyl (C=O) groups is 1. The highest BCUT2D eigenvalue weighted by atomic mass is 16.1. The molecule has 0 bridgehead atoms. The molecule has 2 unspecified atom stereocenters. The van der Waals surface area contributed by atoms with Gasteiger partial charge < -0.3 is 11.1 Å². The topological polar surface area (TPSA) is 55.1 Å². The largest absolute Gasteiger partial charge is 0.355 e. The second-order valence-electron chi connectivity index (χ2n) is 6.50. The van der Waals surface area contributed by atoms with Crippen LogP contribution < -0.4 is 11.1 Å². The highest BCUT2D eigenvalue weighted by Gasteiger charge is 2.32. The lowest BCUT2D eigenvalue weighted by Crippen LogP contribution is -2.41. The molecule has 0 aliphatic heterocycles. The fraction of sp³-hybridized carbons (Fsp3) is 0.588. The van der Waals surface area contributed by atoms with E-state index in [-0.39, 0.29) is 17.2 Å². The lowest BCUT2D eigenvalue weighted by atomic mass is 9.84. The van der Waals surface area contributed by atoms with Crippen molar-refractivity contribution < 1.29 is 4.79 Å². The van der Waals surface area contributed by atoms with Crippen molar-refractivity contribution in [2.24, 2.45) is 17.6 Å². The fourth-order valence-electron chi connectivity index (χ4n) is 3.09. The van der Waals surface area contributed by atoms with Crippen molar-refractivity contribution in [1.29, 1.82) is 0 Å². The third-order valence-electron chi connectivity index (χ3n) is 4.56. The van der Waals surface area contributed by atoms with Crippen molar-refractivity contribution in [1.82, 2.24) is 5.32 Å². The highest BCUT2D eigenvalue weighted by molar-refractivity contribution is 5.79. The van der Waals surface area contributed by atoms with Crippen LogP contribution in [0, 0.1) is 11.8 Å². The molecule has 110 valence electrons. The summed E-state index contributed by atoms with van der Waals surface area (Å²) < 4.78 is 0. The molecule has 1 aromatic rings. The second kappa shape index (κ2) is 6.40. The second-order valence-corrected chi connectivity index (χ2v) is 6.50. The van der Waals surface area contributed by atoms with Gasteiger partial charge in [0.05, 0.1) is 0 Å². The monoisotopic (exact) mass is 274 g/mol. The third-order valence-corrected chi connectivity index (χ3v) is 4.56. The lowest BCUT2D eigenvalue weighted by Gasteiger charge is -2.27. The van der Waals surface area contributed by atoms with Crippen molar-refractivity contribution >= 4 is 5.91 Å². The molecule has 1 aromatic carbocycles. The Hall–Kier alpha value is -1.35. The van der Waals surface area contributed by atoms with Crippen molar-refractivity contribution in [3.05, 3.63) is 35.9 Å². The van der Waals surface area contributed by atoms with Gasteiger partial charge in [0.2, 0.25) is 5.91 Å². The zero-order valence-electron chi connectivity index (χ0n) is 12.6. The molecule has 0 saturated heterocycles. The van der Waals surface area contributed by atoms with Gasteiger partial charge in [0.25, 0.3) is 0 Å². The van der Waals surface area contributed by atoms with Gasteiger partial charge in [-0.25, -0.2) is 0 Å². The summed E-state index contributed by atoms with van der Waals surface area (Å²) in [6, 6.07) is 10.3. The van der Waals surface area contributed by atoms with Crippen LogP contribution in [-0.2, 0) is 10.2 Å². The van der Waals surface area contributed by atoms with E-state index in [1.54, 1.807) is 0 Å². The molecule has 1 aliphatic carbocycles. The Morgan fingerprint density at radius 3 is 2.65 bits per heavy atom. The summed E-state index contributed by atoms with van der Waals surface area (Å²) >= 11 is 0. The normalized spacial score (nSPS) is 22.8. The molecule has 1 fully saturated rings. The molecule has 0 heterocycles. The van der Waals surface area contributed by atoms with Crippen LogP contribution in [-0.4, -0.2) is 19.0 Å². The SMILES string of the molecule is CC(C)(CNC(=O)C1CCCC1CN)c1ccccc1. The average Bonchev–Trinajstić information content (AvgIpc) is 2.94. The van der Waals surface area contributed by atoms with Crippen LogP contribution in [0.2, 0.25) is 0 Å². The standard InChI is InChI=1S/C17H26N2O/c1-17(2,14-8-4-3-5-9-14)12-19-16(20)15-10-6-7-13(15)11-18/h3-5,8-9,13,15H,6-7,10-12,18H2,1-2H3,(H,19,20). The van der Waals surface area contributed by atoms with E-state index in [1.165, 1.54) is 5.56 Å². The predicted octanol–water partition coefficient (Wildman–Crippen LogP) is 2.46. The van der Waals surface area contributed by atoms with Crippen LogP contribution in [0.5, 0.6) is 0 Å². The van der Waals surface area contributed by atoms with Gasteiger partial charge in [-0.05, 0) is 30.9 Å². The van der Waals surface area contributed by atoms with E-state index in [0.717, 1.165) is 19.3 Å². The Kier molecular flexibility index (Phi) is 4.81. The number of amides is 1. The number of rotatable bonds is 5. The van der Waals surface area contributed by atoms with Crippen molar-refractivity contribution in [2.45, 2.75) is 38.5 Å². The zero-order chi connectivity index (χ0) is 14.6. The van der Waals surface area contributed by atoms with Crippen LogP contribution in [0.1, 0.15) is 38.7 Å². The maximum Gasteiger partial charge on any atom is 0.223 e. The smallest absolute Gasteiger partial charge is 0.223 e. The summed E-state index contributed by atoms with van der Waals surface area (Å²) in [6.45, 7) is 5.62. The van der Waals surface area contributed by atoms with Crippen LogP contribution in [0.3, 0.4) is 0 Å². The zero-order valence-corrected chi connectivity index (χ0v) is 12.6. The fourth-order valence-corrected chi connectivity index (χ4v) is 3.09. The molecular weight excluding hydrogens is 248 g/mol. The molecule has 1 saturated carbocycles. The van der Waals surface area contributed by atoms with Gasteiger partial charge in [0.15, 0.2) is 0 Å². The summed E-state index contributed by atoms with van der Waals surface area (Å²) in [7, 11) is 0. The van der Waals surface area contributed by atoms with Gasteiger partial charge in [0, 0.05) is 17.9 Å². The Labute approximate surface area is 121 Å². The molecule has 3 N–H and O–H groups in total. The number of nitrogens with two attached hydrogens (primary N) is 1. The van der Waals surface area contributed by atoms with E-state index in [0.29, 0.717) is 19.0 Å². The minimum Gasteiger partial charge on any atom is -0.355 e. The Morgan fingerprint density at radius 1 is 1.30 bits per heavy atom. The first-order valence-electron chi connectivity index (χ1n) is 7.58.